The Morgan fingerprint density at radius 3 is 2.19 bits per heavy atom. The topological polar surface area (TPSA) is 82.5 Å². The van der Waals surface area contributed by atoms with Crippen LogP contribution in [0.5, 0.6) is 17.4 Å². The number of phenols is 1. The molecular weight excluding hydrogens is 422 g/mol. The van der Waals surface area contributed by atoms with Gasteiger partial charge in [-0.25, -0.2) is 0 Å². The molecule has 32 heavy (non-hydrogen) atoms. The van der Waals surface area contributed by atoms with Crippen molar-refractivity contribution in [2.45, 2.75) is 64.7 Å². The normalized spacial score (nSPS) is 16.6. The molecule has 3 aromatic rings. The van der Waals surface area contributed by atoms with Crippen molar-refractivity contribution in [1.29, 1.82) is 0 Å². The Hall–Kier alpha value is -2.73. The maximum Gasteiger partial charge on any atom is 0.307 e. The second-order valence-electron chi connectivity index (χ2n) is 10.1. The molecule has 0 fully saturated rings. The molecule has 1 aromatic heterocycles. The van der Waals surface area contributed by atoms with Crippen molar-refractivity contribution in [3.63, 3.8) is 0 Å². The summed E-state index contributed by atoms with van der Waals surface area (Å²) in [6, 6.07) is 8.12. The van der Waals surface area contributed by atoms with Crippen molar-refractivity contribution >= 4 is 11.3 Å². The van der Waals surface area contributed by atoms with E-state index in [4.69, 9.17) is 4.74 Å². The van der Waals surface area contributed by atoms with Crippen molar-refractivity contribution in [2.24, 2.45) is 0 Å². The molecule has 3 N–H and O–H groups in total. The molecule has 2 aromatic carbocycles. The molecule has 0 unspecified atom stereocenters. The first kappa shape index (κ1) is 22.5. The standard InChI is InChI=1S/C26H31NO4S/c1-14-9-18-19(26(4,5)8-7-25(18,2)3)12-16(14)17-10-15(20(28)13-21(17)31-6)11-22-23(29)27-24(30)32-22/h9-10,12-13,28-29H,7-8,11H2,1-6H3,(H,27,30). The Balaban J connectivity index is 1.89. The van der Waals surface area contributed by atoms with Crippen LogP contribution in [0, 0.1) is 6.92 Å². The van der Waals surface area contributed by atoms with Crippen LogP contribution in [0.2, 0.25) is 0 Å². The Morgan fingerprint density at radius 2 is 1.62 bits per heavy atom. The number of aromatic hydroxyl groups is 2. The molecule has 1 aliphatic carbocycles. The SMILES string of the molecule is COc1cc(O)c(Cc2sc(=O)[nH]c2O)cc1-c1cc2c(cc1C)C(C)(C)CCC2(C)C. The van der Waals surface area contributed by atoms with E-state index in [2.05, 4.69) is 51.7 Å². The first-order valence-corrected chi connectivity index (χ1v) is 11.7. The molecule has 1 heterocycles. The van der Waals surface area contributed by atoms with E-state index in [9.17, 15) is 15.0 Å². The number of thiazole rings is 1. The smallest absolute Gasteiger partial charge is 0.307 e. The van der Waals surface area contributed by atoms with Crippen molar-refractivity contribution in [2.75, 3.05) is 7.11 Å². The number of aryl methyl sites for hydroxylation is 1. The van der Waals surface area contributed by atoms with Crippen LogP contribution in [0.25, 0.3) is 11.1 Å². The van der Waals surface area contributed by atoms with Crippen molar-refractivity contribution in [3.05, 3.63) is 61.1 Å². The van der Waals surface area contributed by atoms with E-state index in [-0.39, 0.29) is 33.8 Å². The fourth-order valence-electron chi connectivity index (χ4n) is 4.79. The maximum absolute atomic E-state index is 11.6. The van der Waals surface area contributed by atoms with Crippen LogP contribution >= 0.6 is 11.3 Å². The van der Waals surface area contributed by atoms with Gasteiger partial charge in [0, 0.05) is 23.6 Å². The van der Waals surface area contributed by atoms with Gasteiger partial charge in [-0.05, 0) is 65.0 Å². The zero-order valence-corrected chi connectivity index (χ0v) is 20.4. The Bertz CT molecular complexity index is 1250. The first-order chi connectivity index (χ1) is 14.9. The predicted molar refractivity (Wildman–Crippen MR) is 130 cm³/mol. The number of ether oxygens (including phenoxy) is 1. The first-order valence-electron chi connectivity index (χ1n) is 10.9. The summed E-state index contributed by atoms with van der Waals surface area (Å²) in [6.45, 7) is 11.3. The minimum absolute atomic E-state index is 0.0722. The average Bonchev–Trinajstić information content (AvgIpc) is 3.03. The van der Waals surface area contributed by atoms with Gasteiger partial charge in [0.15, 0.2) is 0 Å². The predicted octanol–water partition coefficient (Wildman–Crippen LogP) is 5.77. The molecule has 0 radical (unpaired) electrons. The molecule has 170 valence electrons. The third-order valence-corrected chi connectivity index (χ3v) is 7.81. The summed E-state index contributed by atoms with van der Waals surface area (Å²) in [5.74, 6) is 0.516. The van der Waals surface area contributed by atoms with Gasteiger partial charge < -0.3 is 14.9 Å². The molecule has 1 aliphatic rings. The third kappa shape index (κ3) is 3.81. The number of rotatable bonds is 4. The van der Waals surface area contributed by atoms with Crippen molar-refractivity contribution in [3.8, 4) is 28.5 Å². The highest BCUT2D eigenvalue weighted by atomic mass is 32.1. The lowest BCUT2D eigenvalue weighted by Gasteiger charge is -2.42. The molecule has 4 rings (SSSR count). The Kier molecular flexibility index (Phi) is 5.40. The highest BCUT2D eigenvalue weighted by Crippen LogP contribution is 2.49. The Morgan fingerprint density at radius 1 is 1.00 bits per heavy atom. The van der Waals surface area contributed by atoms with Gasteiger partial charge in [-0.1, -0.05) is 45.1 Å². The number of nitrogens with one attached hydrogen (secondary N) is 1. The quantitative estimate of drug-likeness (QED) is 0.468. The molecule has 6 heteroatoms. The second-order valence-corrected chi connectivity index (χ2v) is 11.2. The number of fused-ring (bicyclic) bond motifs is 1. The summed E-state index contributed by atoms with van der Waals surface area (Å²) in [5.41, 5.74) is 6.69. The molecule has 0 amide bonds. The molecule has 0 aliphatic heterocycles. The highest BCUT2D eigenvalue weighted by molar-refractivity contribution is 7.09. The minimum atomic E-state index is -0.318. The number of aromatic amines is 1. The summed E-state index contributed by atoms with van der Waals surface area (Å²) in [5, 5.41) is 20.6. The van der Waals surface area contributed by atoms with E-state index in [0.717, 1.165) is 40.9 Å². The largest absolute Gasteiger partial charge is 0.508 e. The van der Waals surface area contributed by atoms with Crippen molar-refractivity contribution < 1.29 is 14.9 Å². The number of H-pyrrole nitrogens is 1. The van der Waals surface area contributed by atoms with E-state index in [1.54, 1.807) is 13.2 Å². The highest BCUT2D eigenvalue weighted by Gasteiger charge is 2.37. The summed E-state index contributed by atoms with van der Waals surface area (Å²) in [4.78, 5) is 14.2. The van der Waals surface area contributed by atoms with Gasteiger partial charge in [-0.2, -0.15) is 0 Å². The third-order valence-electron chi connectivity index (χ3n) is 6.94. The van der Waals surface area contributed by atoms with E-state index in [1.165, 1.54) is 11.1 Å². The van der Waals surface area contributed by atoms with Crippen LogP contribution in [-0.2, 0) is 17.3 Å². The zero-order chi connectivity index (χ0) is 23.4. The Labute approximate surface area is 192 Å². The van der Waals surface area contributed by atoms with Crippen LogP contribution in [0.3, 0.4) is 0 Å². The van der Waals surface area contributed by atoms with Gasteiger partial charge in [0.2, 0.25) is 5.88 Å². The van der Waals surface area contributed by atoms with Crippen molar-refractivity contribution in [1.82, 2.24) is 4.98 Å². The maximum atomic E-state index is 11.6. The average molecular weight is 454 g/mol. The fourth-order valence-corrected chi connectivity index (χ4v) is 5.54. The fraction of sp³-hybridized carbons (Fsp3) is 0.423. The lowest BCUT2D eigenvalue weighted by molar-refractivity contribution is 0.332. The molecular formula is C26H31NO4S. The van der Waals surface area contributed by atoms with Crippen LogP contribution in [0.4, 0.5) is 0 Å². The van der Waals surface area contributed by atoms with E-state index < -0.39 is 0 Å². The van der Waals surface area contributed by atoms with Gasteiger partial charge in [0.1, 0.15) is 11.5 Å². The molecule has 5 nitrogen and oxygen atoms in total. The minimum Gasteiger partial charge on any atom is -0.508 e. The van der Waals surface area contributed by atoms with Crippen LogP contribution in [-0.4, -0.2) is 22.3 Å². The van der Waals surface area contributed by atoms with E-state index in [1.807, 2.05) is 6.07 Å². The number of aromatic nitrogens is 1. The van der Waals surface area contributed by atoms with Crippen LogP contribution in [0.15, 0.2) is 29.1 Å². The number of methoxy groups -OCH3 is 1. The van der Waals surface area contributed by atoms with Gasteiger partial charge >= 0.3 is 4.87 Å². The van der Waals surface area contributed by atoms with Gasteiger partial charge in [-0.15, -0.1) is 0 Å². The molecule has 0 atom stereocenters. The monoisotopic (exact) mass is 453 g/mol. The number of hydrogen-bond acceptors (Lipinski definition) is 5. The molecule has 0 spiro atoms. The molecule has 0 saturated heterocycles. The summed E-state index contributed by atoms with van der Waals surface area (Å²) in [6.07, 6.45) is 2.53. The lowest BCUT2D eigenvalue weighted by Crippen LogP contribution is -2.34. The summed E-state index contributed by atoms with van der Waals surface area (Å²) >= 11 is 0.947. The van der Waals surface area contributed by atoms with Crippen LogP contribution < -0.4 is 9.61 Å². The second kappa shape index (κ2) is 7.69. The van der Waals surface area contributed by atoms with E-state index in [0.29, 0.717) is 16.2 Å². The van der Waals surface area contributed by atoms with Gasteiger partial charge in [-0.3, -0.25) is 9.78 Å². The number of hydrogen-bond donors (Lipinski definition) is 3. The molecule has 0 bridgehead atoms. The van der Waals surface area contributed by atoms with Gasteiger partial charge in [0.25, 0.3) is 0 Å². The summed E-state index contributed by atoms with van der Waals surface area (Å²) in [7, 11) is 1.60. The van der Waals surface area contributed by atoms with Gasteiger partial charge in [0.05, 0.1) is 12.0 Å². The lowest BCUT2D eigenvalue weighted by atomic mass is 9.62. The summed E-state index contributed by atoms with van der Waals surface area (Å²) < 4.78 is 5.64. The number of benzene rings is 2. The number of phenolic OH excluding ortho intramolecular Hbond substituents is 1. The molecule has 0 saturated carbocycles. The van der Waals surface area contributed by atoms with E-state index >= 15 is 0 Å². The van der Waals surface area contributed by atoms with Crippen LogP contribution in [0.1, 0.15) is 67.7 Å². The zero-order valence-electron chi connectivity index (χ0n) is 19.5.